The molecule has 1 saturated heterocycles. The summed E-state index contributed by atoms with van der Waals surface area (Å²) in [6.07, 6.45) is 1.71. The van der Waals surface area contributed by atoms with E-state index in [9.17, 15) is 4.79 Å². The van der Waals surface area contributed by atoms with Crippen LogP contribution in [0.3, 0.4) is 0 Å². The third-order valence-corrected chi connectivity index (χ3v) is 5.49. The molecule has 1 amide bonds. The van der Waals surface area contributed by atoms with Crippen molar-refractivity contribution < 1.29 is 9.53 Å². The summed E-state index contributed by atoms with van der Waals surface area (Å²) in [5, 5.41) is 7.99. The standard InChI is InChI=1S/C21H30ClN5O2/c1-16(2)27-20(8-9-23-27)24-21(28)17(3)26-12-10-25(11-13-26)14-15-29-19-6-4-18(22)5-7-19/h4-9,16-17H,10-15H2,1-3H3,(H,24,28)/t17-/m0/s1. The molecule has 0 radical (unpaired) electrons. The highest BCUT2D eigenvalue weighted by molar-refractivity contribution is 6.30. The molecule has 1 aromatic heterocycles. The first-order valence-electron chi connectivity index (χ1n) is 10.1. The molecular formula is C21H30ClN5O2. The van der Waals surface area contributed by atoms with Crippen LogP contribution in [-0.2, 0) is 4.79 Å². The number of anilines is 1. The summed E-state index contributed by atoms with van der Waals surface area (Å²) in [6, 6.07) is 9.28. The maximum Gasteiger partial charge on any atom is 0.242 e. The fourth-order valence-electron chi connectivity index (χ4n) is 3.42. The number of amides is 1. The van der Waals surface area contributed by atoms with Crippen LogP contribution >= 0.6 is 11.6 Å². The average molecular weight is 420 g/mol. The zero-order chi connectivity index (χ0) is 20.8. The molecular weight excluding hydrogens is 390 g/mol. The second-order valence-electron chi connectivity index (χ2n) is 7.60. The van der Waals surface area contributed by atoms with Gasteiger partial charge in [0.15, 0.2) is 0 Å². The van der Waals surface area contributed by atoms with Crippen molar-refractivity contribution in [2.24, 2.45) is 0 Å². The molecule has 158 valence electrons. The van der Waals surface area contributed by atoms with Crippen molar-refractivity contribution in [3.63, 3.8) is 0 Å². The van der Waals surface area contributed by atoms with Gasteiger partial charge in [-0.15, -0.1) is 0 Å². The van der Waals surface area contributed by atoms with Crippen molar-refractivity contribution in [2.45, 2.75) is 32.9 Å². The third-order valence-electron chi connectivity index (χ3n) is 5.23. The Morgan fingerprint density at radius 1 is 1.14 bits per heavy atom. The van der Waals surface area contributed by atoms with Crippen LogP contribution in [0, 0.1) is 0 Å². The van der Waals surface area contributed by atoms with Crippen LogP contribution < -0.4 is 10.1 Å². The van der Waals surface area contributed by atoms with Gasteiger partial charge in [0.1, 0.15) is 18.2 Å². The predicted octanol–water partition coefficient (Wildman–Crippen LogP) is 3.14. The minimum absolute atomic E-state index is 0.00641. The number of hydrogen-bond acceptors (Lipinski definition) is 5. The average Bonchev–Trinajstić information content (AvgIpc) is 3.18. The molecule has 0 unspecified atom stereocenters. The number of nitrogens with one attached hydrogen (secondary N) is 1. The second-order valence-corrected chi connectivity index (χ2v) is 8.04. The number of ether oxygens (including phenoxy) is 1. The van der Waals surface area contributed by atoms with Gasteiger partial charge in [0, 0.05) is 49.9 Å². The van der Waals surface area contributed by atoms with E-state index in [2.05, 4.69) is 20.2 Å². The van der Waals surface area contributed by atoms with E-state index in [4.69, 9.17) is 16.3 Å². The minimum Gasteiger partial charge on any atom is -0.492 e. The smallest absolute Gasteiger partial charge is 0.242 e. The van der Waals surface area contributed by atoms with Gasteiger partial charge in [-0.2, -0.15) is 5.10 Å². The van der Waals surface area contributed by atoms with Crippen molar-refractivity contribution in [2.75, 3.05) is 44.6 Å². The molecule has 1 atom stereocenters. The highest BCUT2D eigenvalue weighted by Crippen LogP contribution is 2.16. The largest absolute Gasteiger partial charge is 0.492 e. The first-order chi connectivity index (χ1) is 13.9. The number of nitrogens with zero attached hydrogens (tertiary/aromatic N) is 4. The first kappa shape index (κ1) is 21.6. The SMILES string of the molecule is CC(C)n1nccc1NC(=O)[C@H](C)N1CCN(CCOc2ccc(Cl)cc2)CC1. The van der Waals surface area contributed by atoms with E-state index in [1.54, 1.807) is 6.20 Å². The summed E-state index contributed by atoms with van der Waals surface area (Å²) < 4.78 is 7.60. The molecule has 29 heavy (non-hydrogen) atoms. The molecule has 8 heteroatoms. The quantitative estimate of drug-likeness (QED) is 0.712. The summed E-state index contributed by atoms with van der Waals surface area (Å²) >= 11 is 5.89. The summed E-state index contributed by atoms with van der Waals surface area (Å²) in [5.41, 5.74) is 0. The van der Waals surface area contributed by atoms with E-state index >= 15 is 0 Å². The zero-order valence-electron chi connectivity index (χ0n) is 17.3. The summed E-state index contributed by atoms with van der Waals surface area (Å²) in [7, 11) is 0. The summed E-state index contributed by atoms with van der Waals surface area (Å²) in [4.78, 5) is 17.3. The summed E-state index contributed by atoms with van der Waals surface area (Å²) in [6.45, 7) is 11.1. The molecule has 0 saturated carbocycles. The zero-order valence-corrected chi connectivity index (χ0v) is 18.1. The Labute approximate surface area is 177 Å². The Bertz CT molecular complexity index is 785. The van der Waals surface area contributed by atoms with Crippen LogP contribution in [0.25, 0.3) is 0 Å². The number of rotatable bonds is 8. The lowest BCUT2D eigenvalue weighted by Gasteiger charge is -2.37. The van der Waals surface area contributed by atoms with Crippen molar-refractivity contribution in [1.82, 2.24) is 19.6 Å². The highest BCUT2D eigenvalue weighted by atomic mass is 35.5. The van der Waals surface area contributed by atoms with Gasteiger partial charge in [-0.3, -0.25) is 14.6 Å². The second kappa shape index (κ2) is 10.1. The number of carbonyl (C=O) groups excluding carboxylic acids is 1. The predicted molar refractivity (Wildman–Crippen MR) is 116 cm³/mol. The maximum absolute atomic E-state index is 12.7. The van der Waals surface area contributed by atoms with E-state index in [0.717, 1.165) is 44.3 Å². The molecule has 3 rings (SSSR count). The van der Waals surface area contributed by atoms with Gasteiger partial charge in [0.05, 0.1) is 12.2 Å². The van der Waals surface area contributed by atoms with Crippen molar-refractivity contribution in [3.05, 3.63) is 41.6 Å². The molecule has 1 aliphatic rings. The molecule has 1 N–H and O–H groups in total. The van der Waals surface area contributed by atoms with Crippen molar-refractivity contribution in [1.29, 1.82) is 0 Å². The lowest BCUT2D eigenvalue weighted by molar-refractivity contribution is -0.121. The van der Waals surface area contributed by atoms with E-state index in [1.807, 2.05) is 55.8 Å². The molecule has 2 aromatic rings. The monoisotopic (exact) mass is 419 g/mol. The Hall–Kier alpha value is -2.09. The molecule has 1 aliphatic heterocycles. The van der Waals surface area contributed by atoms with Crippen LogP contribution in [0.2, 0.25) is 5.02 Å². The molecule has 0 bridgehead atoms. The maximum atomic E-state index is 12.7. The van der Waals surface area contributed by atoms with Crippen molar-refractivity contribution >= 4 is 23.3 Å². The van der Waals surface area contributed by atoms with E-state index in [-0.39, 0.29) is 18.0 Å². The fraction of sp³-hybridized carbons (Fsp3) is 0.524. The summed E-state index contributed by atoms with van der Waals surface area (Å²) in [5.74, 6) is 1.58. The number of benzene rings is 1. The number of aromatic nitrogens is 2. The van der Waals surface area contributed by atoms with Gasteiger partial charge >= 0.3 is 0 Å². The van der Waals surface area contributed by atoms with E-state index in [1.165, 1.54) is 0 Å². The van der Waals surface area contributed by atoms with Gasteiger partial charge < -0.3 is 10.1 Å². The molecule has 7 nitrogen and oxygen atoms in total. The lowest BCUT2D eigenvalue weighted by Crippen LogP contribution is -2.53. The van der Waals surface area contributed by atoms with E-state index < -0.39 is 0 Å². The minimum atomic E-state index is -0.182. The first-order valence-corrected chi connectivity index (χ1v) is 10.5. The van der Waals surface area contributed by atoms with Gasteiger partial charge in [0.2, 0.25) is 5.91 Å². The Balaban J connectivity index is 1.40. The molecule has 0 aliphatic carbocycles. The molecule has 0 spiro atoms. The Morgan fingerprint density at radius 3 is 2.48 bits per heavy atom. The highest BCUT2D eigenvalue weighted by Gasteiger charge is 2.26. The fourth-order valence-corrected chi connectivity index (χ4v) is 3.54. The van der Waals surface area contributed by atoms with Gasteiger partial charge in [-0.05, 0) is 45.0 Å². The number of piperazine rings is 1. The third kappa shape index (κ3) is 5.95. The lowest BCUT2D eigenvalue weighted by atomic mass is 10.2. The Morgan fingerprint density at radius 2 is 1.83 bits per heavy atom. The van der Waals surface area contributed by atoms with Crippen LogP contribution in [0.5, 0.6) is 5.75 Å². The number of carbonyl (C=O) groups is 1. The van der Waals surface area contributed by atoms with Gasteiger partial charge in [-0.1, -0.05) is 11.6 Å². The van der Waals surface area contributed by atoms with E-state index in [0.29, 0.717) is 11.6 Å². The molecule has 1 aromatic carbocycles. The Kier molecular flexibility index (Phi) is 7.52. The van der Waals surface area contributed by atoms with Gasteiger partial charge in [0.25, 0.3) is 0 Å². The molecule has 2 heterocycles. The van der Waals surface area contributed by atoms with Crippen LogP contribution in [0.15, 0.2) is 36.5 Å². The number of halogens is 1. The topological polar surface area (TPSA) is 62.6 Å². The molecule has 1 fully saturated rings. The van der Waals surface area contributed by atoms with Crippen LogP contribution in [-0.4, -0.2) is 70.9 Å². The normalized spacial score (nSPS) is 16.7. The van der Waals surface area contributed by atoms with Crippen molar-refractivity contribution in [3.8, 4) is 5.75 Å². The van der Waals surface area contributed by atoms with Crippen LogP contribution in [0.1, 0.15) is 26.8 Å². The van der Waals surface area contributed by atoms with Crippen LogP contribution in [0.4, 0.5) is 5.82 Å². The van der Waals surface area contributed by atoms with Gasteiger partial charge in [-0.25, -0.2) is 4.68 Å². The number of hydrogen-bond donors (Lipinski definition) is 1.